The summed E-state index contributed by atoms with van der Waals surface area (Å²) < 4.78 is 1.10. The van der Waals surface area contributed by atoms with Gasteiger partial charge in [-0.15, -0.1) is 11.3 Å². The van der Waals surface area contributed by atoms with E-state index in [-0.39, 0.29) is 23.3 Å². The van der Waals surface area contributed by atoms with Gasteiger partial charge in [0.1, 0.15) is 5.01 Å². The van der Waals surface area contributed by atoms with Crippen molar-refractivity contribution in [1.29, 1.82) is 0 Å². The number of hydrogen-bond acceptors (Lipinski definition) is 6. The van der Waals surface area contributed by atoms with E-state index in [0.717, 1.165) is 28.1 Å². The molecular formula is C19H15N5O3S. The zero-order chi connectivity index (χ0) is 19.3. The molecule has 1 aliphatic rings. The highest BCUT2D eigenvalue weighted by atomic mass is 32.1. The average molecular weight is 393 g/mol. The minimum atomic E-state index is -0.472. The second-order valence-electron chi connectivity index (χ2n) is 6.74. The van der Waals surface area contributed by atoms with E-state index in [1.165, 1.54) is 12.1 Å². The van der Waals surface area contributed by atoms with Crippen molar-refractivity contribution in [2.75, 3.05) is 6.54 Å². The van der Waals surface area contributed by atoms with Crippen molar-refractivity contribution in [2.45, 2.75) is 18.9 Å². The summed E-state index contributed by atoms with van der Waals surface area (Å²) in [6, 6.07) is 12.2. The van der Waals surface area contributed by atoms with Crippen molar-refractivity contribution >= 4 is 44.1 Å². The Balaban J connectivity index is 1.53. The van der Waals surface area contributed by atoms with Crippen molar-refractivity contribution in [3.8, 4) is 0 Å². The number of nitrogens with one attached hydrogen (secondary N) is 1. The number of rotatable bonds is 3. The maximum Gasteiger partial charge on any atom is 0.275 e. The fourth-order valence-corrected chi connectivity index (χ4v) is 4.83. The topological polar surface area (TPSA) is 105 Å². The number of thiazole rings is 1. The molecule has 2 aromatic heterocycles. The first-order chi connectivity index (χ1) is 13.6. The van der Waals surface area contributed by atoms with E-state index in [9.17, 15) is 14.9 Å². The second kappa shape index (κ2) is 6.38. The second-order valence-corrected chi connectivity index (χ2v) is 7.80. The number of non-ortho nitro benzene ring substituents is 1. The number of aromatic nitrogens is 3. The molecule has 0 aliphatic carbocycles. The monoisotopic (exact) mass is 393 g/mol. The van der Waals surface area contributed by atoms with Gasteiger partial charge in [-0.2, -0.15) is 5.10 Å². The van der Waals surface area contributed by atoms with Gasteiger partial charge < -0.3 is 4.90 Å². The van der Waals surface area contributed by atoms with E-state index >= 15 is 0 Å². The van der Waals surface area contributed by atoms with Crippen molar-refractivity contribution in [3.05, 3.63) is 63.3 Å². The van der Waals surface area contributed by atoms with Gasteiger partial charge in [-0.25, -0.2) is 4.98 Å². The summed E-state index contributed by atoms with van der Waals surface area (Å²) in [6.45, 7) is 0.614. The Morgan fingerprint density at radius 2 is 2.14 bits per heavy atom. The van der Waals surface area contributed by atoms with Crippen LogP contribution >= 0.6 is 11.3 Å². The highest BCUT2D eigenvalue weighted by Crippen LogP contribution is 2.37. The van der Waals surface area contributed by atoms with Crippen LogP contribution in [-0.2, 0) is 0 Å². The number of carbonyl (C=O) groups excluding carboxylic acids is 1. The van der Waals surface area contributed by atoms with E-state index in [1.54, 1.807) is 22.3 Å². The standard InChI is InChI=1S/C19H15N5O3S/c25-19(17-12-10-11(24(26)27)7-8-13(12)21-22-17)23-9-3-5-15(23)18-20-14-4-1-2-6-16(14)28-18/h1-2,4,6-8,10,15H,3,5,9H2,(H,21,22). The molecule has 2 aromatic carbocycles. The number of para-hydroxylation sites is 1. The van der Waals surface area contributed by atoms with E-state index in [2.05, 4.69) is 10.2 Å². The number of benzene rings is 2. The number of nitro benzene ring substituents is 1. The summed E-state index contributed by atoms with van der Waals surface area (Å²) in [5, 5.41) is 19.4. The molecule has 140 valence electrons. The lowest BCUT2D eigenvalue weighted by atomic mass is 10.1. The Labute approximate surface area is 163 Å². The number of carbonyl (C=O) groups is 1. The fourth-order valence-electron chi connectivity index (χ4n) is 3.71. The summed E-state index contributed by atoms with van der Waals surface area (Å²) in [5.74, 6) is -0.228. The molecule has 0 radical (unpaired) electrons. The van der Waals surface area contributed by atoms with Crippen LogP contribution in [-0.4, -0.2) is 37.5 Å². The number of fused-ring (bicyclic) bond motifs is 2. The van der Waals surface area contributed by atoms with Gasteiger partial charge in [0.05, 0.1) is 26.7 Å². The van der Waals surface area contributed by atoms with Crippen molar-refractivity contribution in [3.63, 3.8) is 0 Å². The van der Waals surface area contributed by atoms with E-state index < -0.39 is 4.92 Å². The van der Waals surface area contributed by atoms with Gasteiger partial charge in [0, 0.05) is 24.1 Å². The summed E-state index contributed by atoms with van der Waals surface area (Å²) in [6.07, 6.45) is 1.73. The van der Waals surface area contributed by atoms with E-state index in [1.807, 2.05) is 24.3 Å². The van der Waals surface area contributed by atoms with Gasteiger partial charge in [0.2, 0.25) is 0 Å². The highest BCUT2D eigenvalue weighted by molar-refractivity contribution is 7.18. The average Bonchev–Trinajstić information content (AvgIpc) is 3.43. The van der Waals surface area contributed by atoms with E-state index in [4.69, 9.17) is 4.98 Å². The zero-order valence-corrected chi connectivity index (χ0v) is 15.5. The molecule has 1 saturated heterocycles. The lowest BCUT2D eigenvalue weighted by Gasteiger charge is -2.22. The molecule has 9 heteroatoms. The lowest BCUT2D eigenvalue weighted by Crippen LogP contribution is -2.31. The van der Waals surface area contributed by atoms with Crippen LogP contribution in [0.3, 0.4) is 0 Å². The minimum absolute atomic E-state index is 0.0629. The third kappa shape index (κ3) is 2.63. The molecule has 0 saturated carbocycles. The van der Waals surface area contributed by atoms with Crippen molar-refractivity contribution in [2.24, 2.45) is 0 Å². The van der Waals surface area contributed by atoms with Gasteiger partial charge in [-0.05, 0) is 31.0 Å². The Bertz CT molecular complexity index is 1200. The third-order valence-electron chi connectivity index (χ3n) is 5.07. The van der Waals surface area contributed by atoms with Crippen LogP contribution < -0.4 is 0 Å². The number of nitro groups is 1. The van der Waals surface area contributed by atoms with Crippen LogP contribution in [0.5, 0.6) is 0 Å². The maximum atomic E-state index is 13.3. The van der Waals surface area contributed by atoms with Crippen LogP contribution in [0.25, 0.3) is 21.1 Å². The first-order valence-corrected chi connectivity index (χ1v) is 9.72. The Morgan fingerprint density at radius 3 is 2.96 bits per heavy atom. The third-order valence-corrected chi connectivity index (χ3v) is 6.21. The predicted octanol–water partition coefficient (Wildman–Crippen LogP) is 4.06. The molecule has 1 N–H and O–H groups in total. The molecule has 1 fully saturated rings. The molecule has 0 spiro atoms. The minimum Gasteiger partial charge on any atom is -0.328 e. The smallest absolute Gasteiger partial charge is 0.275 e. The molecule has 8 nitrogen and oxygen atoms in total. The maximum absolute atomic E-state index is 13.3. The largest absolute Gasteiger partial charge is 0.328 e. The number of amides is 1. The Hall–Kier alpha value is -3.33. The number of aromatic amines is 1. The molecule has 1 unspecified atom stereocenters. The summed E-state index contributed by atoms with van der Waals surface area (Å²) in [4.78, 5) is 30.4. The predicted molar refractivity (Wildman–Crippen MR) is 105 cm³/mol. The molecule has 4 aromatic rings. The van der Waals surface area contributed by atoms with Crippen molar-refractivity contribution < 1.29 is 9.72 Å². The summed E-state index contributed by atoms with van der Waals surface area (Å²) >= 11 is 1.60. The number of hydrogen-bond donors (Lipinski definition) is 1. The normalized spacial score (nSPS) is 16.9. The SMILES string of the molecule is O=C(c1n[nH]c2ccc([N+](=O)[O-])cc12)N1CCCC1c1nc2ccccc2s1. The van der Waals surface area contributed by atoms with Gasteiger partial charge in [-0.1, -0.05) is 12.1 Å². The summed E-state index contributed by atoms with van der Waals surface area (Å²) in [5.41, 5.74) is 1.69. The molecule has 1 atom stereocenters. The van der Waals surface area contributed by atoms with Crippen LogP contribution in [0.4, 0.5) is 5.69 Å². The zero-order valence-electron chi connectivity index (χ0n) is 14.7. The molecule has 3 heterocycles. The number of likely N-dealkylation sites (tertiary alicyclic amines) is 1. The molecule has 1 aliphatic heterocycles. The van der Waals surface area contributed by atoms with Crippen LogP contribution in [0.2, 0.25) is 0 Å². The first kappa shape index (κ1) is 16.8. The number of H-pyrrole nitrogens is 1. The van der Waals surface area contributed by atoms with Crippen LogP contribution in [0.15, 0.2) is 42.5 Å². The van der Waals surface area contributed by atoms with Crippen LogP contribution in [0.1, 0.15) is 34.4 Å². The van der Waals surface area contributed by atoms with Gasteiger partial charge >= 0.3 is 0 Å². The highest BCUT2D eigenvalue weighted by Gasteiger charge is 2.34. The molecular weight excluding hydrogens is 378 g/mol. The molecule has 1 amide bonds. The summed E-state index contributed by atoms with van der Waals surface area (Å²) in [7, 11) is 0. The fraction of sp³-hybridized carbons (Fsp3) is 0.211. The Kier molecular flexibility index (Phi) is 3.83. The quantitative estimate of drug-likeness (QED) is 0.417. The van der Waals surface area contributed by atoms with E-state index in [0.29, 0.717) is 17.4 Å². The molecule has 0 bridgehead atoms. The van der Waals surface area contributed by atoms with Crippen molar-refractivity contribution in [1.82, 2.24) is 20.1 Å². The van der Waals surface area contributed by atoms with Crippen LogP contribution in [0, 0.1) is 10.1 Å². The van der Waals surface area contributed by atoms with Gasteiger partial charge in [0.15, 0.2) is 5.69 Å². The lowest BCUT2D eigenvalue weighted by molar-refractivity contribution is -0.384. The molecule has 28 heavy (non-hydrogen) atoms. The van der Waals surface area contributed by atoms with Gasteiger partial charge in [0.25, 0.3) is 11.6 Å². The Morgan fingerprint density at radius 1 is 1.29 bits per heavy atom. The first-order valence-electron chi connectivity index (χ1n) is 8.91. The number of nitrogens with zero attached hydrogens (tertiary/aromatic N) is 4. The molecule has 5 rings (SSSR count). The van der Waals surface area contributed by atoms with Gasteiger partial charge in [-0.3, -0.25) is 20.0 Å².